The number of rotatable bonds is 4. The van der Waals surface area contributed by atoms with Gasteiger partial charge in [-0.05, 0) is 30.5 Å². The van der Waals surface area contributed by atoms with Crippen molar-refractivity contribution in [1.82, 2.24) is 4.98 Å². The Bertz CT molecular complexity index is 861. The lowest BCUT2D eigenvalue weighted by atomic mass is 10.1. The largest absolute Gasteiger partial charge is 0.586 e. The van der Waals surface area contributed by atoms with Crippen LogP contribution < -0.4 is 9.47 Å². The summed E-state index contributed by atoms with van der Waals surface area (Å²) in [6.45, 7) is 0. The average molecular weight is 385 g/mol. The van der Waals surface area contributed by atoms with Crippen LogP contribution in [-0.2, 0) is 0 Å². The SMILES string of the molecule is CSC(CC(=O)c1ccnc(Cl)c1)=Nc1ccc2c(c1)OC(F)(F)O2. The number of carbonyl (C=O) groups excluding carboxylic acids is 1. The molecule has 0 unspecified atom stereocenters. The monoisotopic (exact) mass is 384 g/mol. The predicted octanol–water partition coefficient (Wildman–Crippen LogP) is 4.72. The Kier molecular flexibility index (Phi) is 4.91. The number of nitrogens with zero attached hydrogens (tertiary/aromatic N) is 2. The van der Waals surface area contributed by atoms with Crippen molar-refractivity contribution in [2.24, 2.45) is 4.99 Å². The van der Waals surface area contributed by atoms with E-state index >= 15 is 0 Å². The highest BCUT2D eigenvalue weighted by Gasteiger charge is 2.43. The van der Waals surface area contributed by atoms with E-state index in [1.165, 1.54) is 42.2 Å². The summed E-state index contributed by atoms with van der Waals surface area (Å²) in [6, 6.07) is 7.23. The zero-order valence-corrected chi connectivity index (χ0v) is 14.4. The zero-order chi connectivity index (χ0) is 18.0. The van der Waals surface area contributed by atoms with Crippen LogP contribution in [-0.4, -0.2) is 28.4 Å². The molecule has 0 spiro atoms. The molecule has 0 N–H and O–H groups in total. The number of aromatic nitrogens is 1. The van der Waals surface area contributed by atoms with Crippen LogP contribution in [0.25, 0.3) is 0 Å². The number of alkyl halides is 2. The molecule has 5 nitrogen and oxygen atoms in total. The van der Waals surface area contributed by atoms with E-state index in [1.54, 1.807) is 12.3 Å². The summed E-state index contributed by atoms with van der Waals surface area (Å²) < 4.78 is 34.8. The first kappa shape index (κ1) is 17.6. The van der Waals surface area contributed by atoms with Gasteiger partial charge in [-0.3, -0.25) is 4.79 Å². The second-order valence-corrected chi connectivity index (χ2v) is 6.24. The number of pyridine rings is 1. The Labute approximate surface area is 151 Å². The van der Waals surface area contributed by atoms with Crippen molar-refractivity contribution < 1.29 is 23.0 Å². The standard InChI is InChI=1S/C16H11ClF2N2O3S/c1-25-15(8-11(22)9-4-5-20-14(17)6-9)21-10-2-3-12-13(7-10)24-16(18,19)23-12/h2-7H,8H2,1H3. The lowest BCUT2D eigenvalue weighted by molar-refractivity contribution is -0.286. The van der Waals surface area contributed by atoms with Gasteiger partial charge >= 0.3 is 6.29 Å². The molecule has 0 bridgehead atoms. The quantitative estimate of drug-likeness (QED) is 0.330. The molecule has 0 fully saturated rings. The van der Waals surface area contributed by atoms with E-state index in [-0.39, 0.29) is 28.9 Å². The van der Waals surface area contributed by atoms with Crippen molar-refractivity contribution in [3.8, 4) is 11.5 Å². The van der Waals surface area contributed by atoms with Gasteiger partial charge in [0.25, 0.3) is 0 Å². The summed E-state index contributed by atoms with van der Waals surface area (Å²) in [5, 5.41) is 0.744. The average Bonchev–Trinajstić information content (AvgIpc) is 2.87. The van der Waals surface area contributed by atoms with Gasteiger partial charge in [0.05, 0.1) is 17.2 Å². The van der Waals surface area contributed by atoms with E-state index in [1.807, 2.05) is 0 Å². The number of benzene rings is 1. The van der Waals surface area contributed by atoms with Crippen LogP contribution in [0.15, 0.2) is 41.5 Å². The van der Waals surface area contributed by atoms with Crippen molar-refractivity contribution in [3.05, 3.63) is 47.2 Å². The molecule has 2 heterocycles. The lowest BCUT2D eigenvalue weighted by Crippen LogP contribution is -2.25. The number of hydrogen-bond donors (Lipinski definition) is 0. The highest BCUT2D eigenvalue weighted by molar-refractivity contribution is 8.13. The van der Waals surface area contributed by atoms with Crippen LogP contribution in [0.1, 0.15) is 16.8 Å². The fourth-order valence-corrected chi connectivity index (χ4v) is 2.77. The van der Waals surface area contributed by atoms with Gasteiger partial charge in [0.2, 0.25) is 0 Å². The smallest absolute Gasteiger partial charge is 0.395 e. The molecule has 25 heavy (non-hydrogen) atoms. The summed E-state index contributed by atoms with van der Waals surface area (Å²) in [5.41, 5.74) is 0.803. The van der Waals surface area contributed by atoms with Crippen LogP contribution in [0.5, 0.6) is 11.5 Å². The summed E-state index contributed by atoms with van der Waals surface area (Å²) in [4.78, 5) is 20.4. The zero-order valence-electron chi connectivity index (χ0n) is 12.8. The van der Waals surface area contributed by atoms with Crippen LogP contribution in [0.3, 0.4) is 0 Å². The van der Waals surface area contributed by atoms with E-state index in [0.717, 1.165) is 0 Å². The van der Waals surface area contributed by atoms with Crippen molar-refractivity contribution in [3.63, 3.8) is 0 Å². The number of carbonyl (C=O) groups is 1. The fraction of sp³-hybridized carbons (Fsp3) is 0.188. The van der Waals surface area contributed by atoms with E-state index in [4.69, 9.17) is 11.6 Å². The molecule has 130 valence electrons. The molecule has 0 atom stereocenters. The van der Waals surface area contributed by atoms with E-state index < -0.39 is 6.29 Å². The maximum Gasteiger partial charge on any atom is 0.586 e. The van der Waals surface area contributed by atoms with Crippen LogP contribution >= 0.6 is 23.4 Å². The summed E-state index contributed by atoms with van der Waals surface area (Å²) in [6.07, 6.45) is -0.411. The van der Waals surface area contributed by atoms with Crippen LogP contribution in [0, 0.1) is 0 Å². The second-order valence-electron chi connectivity index (χ2n) is 4.98. The maximum atomic E-state index is 13.0. The molecule has 1 aromatic carbocycles. The predicted molar refractivity (Wildman–Crippen MR) is 91.4 cm³/mol. The summed E-state index contributed by atoms with van der Waals surface area (Å²) >= 11 is 7.07. The number of aliphatic imine (C=N–C) groups is 1. The number of fused-ring (bicyclic) bond motifs is 1. The Morgan fingerprint density at radius 2 is 2.04 bits per heavy atom. The molecule has 0 amide bonds. The molecule has 1 aliphatic heterocycles. The topological polar surface area (TPSA) is 60.8 Å². The molecular weight excluding hydrogens is 374 g/mol. The second kappa shape index (κ2) is 6.97. The van der Waals surface area contributed by atoms with Gasteiger partial charge in [-0.1, -0.05) is 11.6 Å². The number of halogens is 3. The molecule has 3 rings (SSSR count). The molecule has 0 saturated heterocycles. The number of ketones is 1. The molecular formula is C16H11ClF2N2O3S. The first-order chi connectivity index (χ1) is 11.9. The molecule has 9 heteroatoms. The minimum atomic E-state index is -3.68. The Morgan fingerprint density at radius 3 is 2.76 bits per heavy atom. The first-order valence-electron chi connectivity index (χ1n) is 7.02. The van der Waals surface area contributed by atoms with Crippen LogP contribution in [0.2, 0.25) is 5.15 Å². The van der Waals surface area contributed by atoms with E-state index in [2.05, 4.69) is 19.5 Å². The van der Waals surface area contributed by atoms with Gasteiger partial charge in [0.1, 0.15) is 5.15 Å². The van der Waals surface area contributed by atoms with E-state index in [0.29, 0.717) is 16.3 Å². The highest BCUT2D eigenvalue weighted by atomic mass is 35.5. The van der Waals surface area contributed by atoms with Gasteiger partial charge in [-0.15, -0.1) is 20.5 Å². The lowest BCUT2D eigenvalue weighted by Gasteiger charge is -2.05. The van der Waals surface area contributed by atoms with Crippen molar-refractivity contribution in [2.45, 2.75) is 12.7 Å². The molecule has 0 radical (unpaired) electrons. The normalized spacial score (nSPS) is 15.3. The number of ether oxygens (including phenoxy) is 2. The number of Topliss-reactive ketones (excluding diaryl/α,β-unsaturated/α-hetero) is 1. The van der Waals surface area contributed by atoms with Gasteiger partial charge in [0, 0.05) is 17.8 Å². The third-order valence-electron chi connectivity index (χ3n) is 3.23. The summed E-state index contributed by atoms with van der Waals surface area (Å²) in [5.74, 6) is -0.333. The molecule has 1 aromatic heterocycles. The van der Waals surface area contributed by atoms with Gasteiger partial charge in [0.15, 0.2) is 17.3 Å². The molecule has 2 aromatic rings. The minimum absolute atomic E-state index is 0.0477. The Morgan fingerprint density at radius 1 is 1.28 bits per heavy atom. The van der Waals surface area contributed by atoms with Gasteiger partial charge in [-0.25, -0.2) is 9.98 Å². The van der Waals surface area contributed by atoms with Gasteiger partial charge in [-0.2, -0.15) is 0 Å². The molecule has 0 aliphatic carbocycles. The first-order valence-corrected chi connectivity index (χ1v) is 8.63. The summed E-state index contributed by atoms with van der Waals surface area (Å²) in [7, 11) is 0. The van der Waals surface area contributed by atoms with Crippen LogP contribution in [0.4, 0.5) is 14.5 Å². The molecule has 1 aliphatic rings. The number of thioether (sulfide) groups is 1. The number of hydrogen-bond acceptors (Lipinski definition) is 6. The maximum absolute atomic E-state index is 13.0. The van der Waals surface area contributed by atoms with E-state index in [9.17, 15) is 13.6 Å². The Balaban J connectivity index is 1.78. The third-order valence-corrected chi connectivity index (χ3v) is 4.15. The fourth-order valence-electron chi connectivity index (χ4n) is 2.12. The van der Waals surface area contributed by atoms with Crippen molar-refractivity contribution in [1.29, 1.82) is 0 Å². The molecule has 0 saturated carbocycles. The Hall–Kier alpha value is -2.19. The third kappa shape index (κ3) is 4.26. The van der Waals surface area contributed by atoms with Gasteiger partial charge < -0.3 is 9.47 Å². The minimum Gasteiger partial charge on any atom is -0.395 e. The van der Waals surface area contributed by atoms with Crippen molar-refractivity contribution >= 4 is 39.9 Å². The highest BCUT2D eigenvalue weighted by Crippen LogP contribution is 2.42. The van der Waals surface area contributed by atoms with Crippen molar-refractivity contribution in [2.75, 3.05) is 6.26 Å².